The summed E-state index contributed by atoms with van der Waals surface area (Å²) in [5, 5.41) is 1.22. The van der Waals surface area contributed by atoms with Gasteiger partial charge in [-0.05, 0) is 60.5 Å². The standard InChI is InChI=1S/C25H21FN2O4/c1-2-31-23-15-17(11-12-22(23)32-16-18-7-6-8-19(26)13-18)14-21-24(29)27-28(25(21)30)20-9-4-3-5-10-20/h3-15H,2,16H2,1H3,(H,27,29)/b21-14-. The van der Waals surface area contributed by atoms with Gasteiger partial charge in [0.15, 0.2) is 11.5 Å². The number of hydrogen-bond donors (Lipinski definition) is 1. The lowest BCUT2D eigenvalue weighted by Gasteiger charge is -2.14. The Morgan fingerprint density at radius 2 is 1.75 bits per heavy atom. The first kappa shape index (κ1) is 21.1. The van der Waals surface area contributed by atoms with E-state index in [1.165, 1.54) is 23.2 Å². The number of carbonyl (C=O) groups is 2. The predicted molar refractivity (Wildman–Crippen MR) is 118 cm³/mol. The third kappa shape index (κ3) is 4.62. The number of nitrogens with zero attached hydrogens (tertiary/aromatic N) is 1. The zero-order chi connectivity index (χ0) is 22.5. The van der Waals surface area contributed by atoms with Gasteiger partial charge in [0.1, 0.15) is 18.0 Å². The monoisotopic (exact) mass is 432 g/mol. The zero-order valence-electron chi connectivity index (χ0n) is 17.4. The summed E-state index contributed by atoms with van der Waals surface area (Å²) in [4.78, 5) is 25.2. The van der Waals surface area contributed by atoms with E-state index >= 15 is 0 Å². The Morgan fingerprint density at radius 1 is 0.938 bits per heavy atom. The van der Waals surface area contributed by atoms with Crippen LogP contribution in [0.3, 0.4) is 0 Å². The van der Waals surface area contributed by atoms with E-state index in [1.807, 2.05) is 13.0 Å². The molecule has 0 bridgehead atoms. The second kappa shape index (κ2) is 9.34. The van der Waals surface area contributed by atoms with Crippen molar-refractivity contribution in [2.24, 2.45) is 0 Å². The SMILES string of the molecule is CCOc1cc(/C=C2/C(=O)NN(c3ccccc3)C2=O)ccc1OCc1cccc(F)c1. The molecule has 0 atom stereocenters. The molecule has 1 aliphatic rings. The van der Waals surface area contributed by atoms with Gasteiger partial charge >= 0.3 is 0 Å². The summed E-state index contributed by atoms with van der Waals surface area (Å²) in [6.07, 6.45) is 1.51. The number of benzene rings is 3. The predicted octanol–water partition coefficient (Wildman–Crippen LogP) is 4.26. The number of carbonyl (C=O) groups excluding carboxylic acids is 2. The molecule has 0 spiro atoms. The van der Waals surface area contributed by atoms with Gasteiger partial charge in [-0.25, -0.2) is 9.40 Å². The average Bonchev–Trinajstić information content (AvgIpc) is 3.08. The Morgan fingerprint density at radius 3 is 2.50 bits per heavy atom. The second-order valence-corrected chi connectivity index (χ2v) is 7.03. The van der Waals surface area contributed by atoms with Gasteiger partial charge in [-0.15, -0.1) is 0 Å². The number of rotatable bonds is 7. The van der Waals surface area contributed by atoms with Crippen LogP contribution in [0.2, 0.25) is 0 Å². The fourth-order valence-electron chi connectivity index (χ4n) is 3.27. The first-order valence-corrected chi connectivity index (χ1v) is 10.1. The molecule has 1 saturated heterocycles. The molecule has 0 saturated carbocycles. The van der Waals surface area contributed by atoms with Crippen molar-refractivity contribution < 1.29 is 23.5 Å². The molecule has 0 unspecified atom stereocenters. The van der Waals surface area contributed by atoms with Crippen molar-refractivity contribution in [3.63, 3.8) is 0 Å². The molecule has 3 aromatic carbocycles. The molecule has 6 nitrogen and oxygen atoms in total. The van der Waals surface area contributed by atoms with Gasteiger partial charge < -0.3 is 9.47 Å². The van der Waals surface area contributed by atoms with Gasteiger partial charge in [0, 0.05) is 0 Å². The molecule has 3 aromatic rings. The third-order valence-electron chi connectivity index (χ3n) is 4.77. The summed E-state index contributed by atoms with van der Waals surface area (Å²) >= 11 is 0. The fourth-order valence-corrected chi connectivity index (χ4v) is 3.27. The minimum atomic E-state index is -0.483. The highest BCUT2D eigenvalue weighted by atomic mass is 19.1. The highest BCUT2D eigenvalue weighted by molar-refractivity contribution is 6.31. The molecule has 1 N–H and O–H groups in total. The first-order valence-electron chi connectivity index (χ1n) is 10.1. The molecule has 1 heterocycles. The molecule has 2 amide bonds. The number of hydrogen-bond acceptors (Lipinski definition) is 4. The minimum Gasteiger partial charge on any atom is -0.490 e. The number of anilines is 1. The van der Waals surface area contributed by atoms with Crippen molar-refractivity contribution >= 4 is 23.6 Å². The molecule has 7 heteroatoms. The molecule has 0 radical (unpaired) electrons. The molecular formula is C25H21FN2O4. The van der Waals surface area contributed by atoms with Crippen molar-refractivity contribution in [1.82, 2.24) is 5.43 Å². The van der Waals surface area contributed by atoms with Gasteiger partial charge in [-0.3, -0.25) is 15.0 Å². The van der Waals surface area contributed by atoms with Crippen LogP contribution < -0.4 is 19.9 Å². The molecule has 32 heavy (non-hydrogen) atoms. The number of halogens is 1. The summed E-state index contributed by atoms with van der Waals surface area (Å²) in [6, 6.07) is 20.2. The van der Waals surface area contributed by atoms with Gasteiger partial charge in [-0.2, -0.15) is 0 Å². The third-order valence-corrected chi connectivity index (χ3v) is 4.77. The van der Waals surface area contributed by atoms with Crippen molar-refractivity contribution in [3.8, 4) is 11.5 Å². The average molecular weight is 432 g/mol. The van der Waals surface area contributed by atoms with E-state index in [2.05, 4.69) is 5.43 Å². The molecule has 0 aromatic heterocycles. The number of nitrogens with one attached hydrogen (secondary N) is 1. The Kier molecular flexibility index (Phi) is 6.17. The topological polar surface area (TPSA) is 67.9 Å². The van der Waals surface area contributed by atoms with Crippen molar-refractivity contribution in [1.29, 1.82) is 0 Å². The summed E-state index contributed by atoms with van der Waals surface area (Å²) in [5.74, 6) is -0.314. The van der Waals surface area contributed by atoms with Gasteiger partial charge in [-0.1, -0.05) is 36.4 Å². The van der Waals surface area contributed by atoms with Gasteiger partial charge in [0.05, 0.1) is 12.3 Å². The Hall–Kier alpha value is -4.13. The number of ether oxygens (including phenoxy) is 2. The lowest BCUT2D eigenvalue weighted by molar-refractivity contribution is -0.117. The zero-order valence-corrected chi connectivity index (χ0v) is 17.4. The summed E-state index contributed by atoms with van der Waals surface area (Å²) in [5.41, 5.74) is 4.47. The molecule has 0 aliphatic carbocycles. The van der Waals surface area contributed by atoms with Crippen molar-refractivity contribution in [2.45, 2.75) is 13.5 Å². The molecular weight excluding hydrogens is 411 g/mol. The second-order valence-electron chi connectivity index (χ2n) is 7.03. The van der Waals surface area contributed by atoms with Crippen LogP contribution in [0.15, 0.2) is 78.4 Å². The highest BCUT2D eigenvalue weighted by Gasteiger charge is 2.34. The van der Waals surface area contributed by atoms with Crippen LogP contribution in [0.5, 0.6) is 11.5 Å². The lowest BCUT2D eigenvalue weighted by atomic mass is 10.1. The fraction of sp³-hybridized carbons (Fsp3) is 0.120. The highest BCUT2D eigenvalue weighted by Crippen LogP contribution is 2.31. The maximum Gasteiger partial charge on any atom is 0.282 e. The minimum absolute atomic E-state index is 0.0183. The van der Waals surface area contributed by atoms with Crippen LogP contribution >= 0.6 is 0 Å². The lowest BCUT2D eigenvalue weighted by Crippen LogP contribution is -2.35. The van der Waals surface area contributed by atoms with E-state index in [1.54, 1.807) is 54.6 Å². The van der Waals surface area contributed by atoms with Crippen LogP contribution in [-0.2, 0) is 16.2 Å². The number of para-hydroxylation sites is 1. The summed E-state index contributed by atoms with van der Waals surface area (Å²) in [6.45, 7) is 2.41. The molecule has 162 valence electrons. The van der Waals surface area contributed by atoms with Crippen LogP contribution in [0, 0.1) is 5.82 Å². The van der Waals surface area contributed by atoms with Crippen molar-refractivity contribution in [3.05, 3.63) is 95.3 Å². The molecule has 1 aliphatic heterocycles. The smallest absolute Gasteiger partial charge is 0.282 e. The Balaban J connectivity index is 1.56. The normalized spacial score (nSPS) is 14.6. The van der Waals surface area contributed by atoms with Crippen molar-refractivity contribution in [2.75, 3.05) is 11.6 Å². The van der Waals surface area contributed by atoms with Crippen LogP contribution in [-0.4, -0.2) is 18.4 Å². The quantitative estimate of drug-likeness (QED) is 0.447. The Bertz CT molecular complexity index is 1180. The van der Waals surface area contributed by atoms with E-state index in [-0.39, 0.29) is 18.0 Å². The van der Waals surface area contributed by atoms with Crippen LogP contribution in [0.25, 0.3) is 6.08 Å². The molecule has 4 rings (SSSR count). The van der Waals surface area contributed by atoms with Crippen LogP contribution in [0.1, 0.15) is 18.1 Å². The van der Waals surface area contributed by atoms with E-state index < -0.39 is 11.8 Å². The van der Waals surface area contributed by atoms with E-state index in [0.29, 0.717) is 34.9 Å². The molecule has 1 fully saturated rings. The number of amides is 2. The summed E-state index contributed by atoms with van der Waals surface area (Å²) in [7, 11) is 0. The maximum absolute atomic E-state index is 13.4. The maximum atomic E-state index is 13.4. The Labute approximate surface area is 184 Å². The van der Waals surface area contributed by atoms with E-state index in [9.17, 15) is 14.0 Å². The van der Waals surface area contributed by atoms with Gasteiger partial charge in [0.2, 0.25) is 0 Å². The number of hydrazine groups is 1. The van der Waals surface area contributed by atoms with Gasteiger partial charge in [0.25, 0.3) is 11.8 Å². The summed E-state index contributed by atoms with van der Waals surface area (Å²) < 4.78 is 24.9. The van der Waals surface area contributed by atoms with E-state index in [0.717, 1.165) is 0 Å². The first-order chi connectivity index (χ1) is 15.5. The largest absolute Gasteiger partial charge is 0.490 e. The van der Waals surface area contributed by atoms with E-state index in [4.69, 9.17) is 9.47 Å². The van der Waals surface area contributed by atoms with Crippen LogP contribution in [0.4, 0.5) is 10.1 Å².